The Morgan fingerprint density at radius 2 is 2.05 bits per heavy atom. The van der Waals surface area contributed by atoms with Crippen molar-refractivity contribution in [3.8, 4) is 5.88 Å². The first-order valence-corrected chi connectivity index (χ1v) is 6.56. The van der Waals surface area contributed by atoms with Crippen LogP contribution in [0.25, 0.3) is 0 Å². The smallest absolute Gasteiger partial charge is 0.217 e. The van der Waals surface area contributed by atoms with E-state index in [9.17, 15) is 0 Å². The molecule has 100 valence electrons. The Morgan fingerprint density at radius 3 is 2.79 bits per heavy atom. The predicted molar refractivity (Wildman–Crippen MR) is 77.9 cm³/mol. The highest BCUT2D eigenvalue weighted by Crippen LogP contribution is 2.30. The molecular weight excluding hydrogens is 283 g/mol. The zero-order chi connectivity index (χ0) is 13.8. The molecule has 0 radical (unpaired) electrons. The van der Waals surface area contributed by atoms with Gasteiger partial charge in [-0.2, -0.15) is 0 Å². The third-order valence-electron chi connectivity index (χ3n) is 2.86. The summed E-state index contributed by atoms with van der Waals surface area (Å²) < 4.78 is 5.21. The summed E-state index contributed by atoms with van der Waals surface area (Å²) in [5, 5.41) is 1.08. The Bertz CT molecular complexity index is 575. The summed E-state index contributed by atoms with van der Waals surface area (Å²) in [6.45, 7) is 0. The molecule has 1 heterocycles. The van der Waals surface area contributed by atoms with Crippen LogP contribution in [0.2, 0.25) is 10.0 Å². The highest BCUT2D eigenvalue weighted by atomic mass is 35.5. The van der Waals surface area contributed by atoms with Crippen molar-refractivity contribution >= 4 is 23.2 Å². The van der Waals surface area contributed by atoms with Crippen LogP contribution in [0.3, 0.4) is 0 Å². The lowest BCUT2D eigenvalue weighted by Gasteiger charge is -2.15. The van der Waals surface area contributed by atoms with E-state index >= 15 is 0 Å². The maximum atomic E-state index is 6.20. The number of benzene rings is 1. The first kappa shape index (κ1) is 14.1. The Labute approximate surface area is 122 Å². The lowest BCUT2D eigenvalue weighted by atomic mass is 10.0. The van der Waals surface area contributed by atoms with Gasteiger partial charge in [-0.05, 0) is 24.1 Å². The molecule has 0 aliphatic heterocycles. The second kappa shape index (κ2) is 6.24. The molecule has 5 heteroatoms. The van der Waals surface area contributed by atoms with Crippen LogP contribution in [0, 0.1) is 0 Å². The van der Waals surface area contributed by atoms with Crippen molar-refractivity contribution in [2.24, 2.45) is 5.73 Å². The highest BCUT2D eigenvalue weighted by molar-refractivity contribution is 6.42. The SMILES string of the molecule is COc1ncccc1C(N)Cc1cccc(Cl)c1Cl. The van der Waals surface area contributed by atoms with Crippen LogP contribution in [0.1, 0.15) is 17.2 Å². The van der Waals surface area contributed by atoms with E-state index in [1.54, 1.807) is 19.4 Å². The fraction of sp³-hybridized carbons (Fsp3) is 0.214. The second-order valence-corrected chi connectivity index (χ2v) is 4.91. The molecular formula is C14H14Cl2N2O. The lowest BCUT2D eigenvalue weighted by molar-refractivity contribution is 0.388. The molecule has 0 aliphatic carbocycles. The molecule has 2 N–H and O–H groups in total. The van der Waals surface area contributed by atoms with E-state index in [0.717, 1.165) is 11.1 Å². The number of halogens is 2. The Kier molecular flexibility index (Phi) is 4.64. The third kappa shape index (κ3) is 3.18. The number of nitrogens with two attached hydrogens (primary N) is 1. The molecule has 1 unspecified atom stereocenters. The van der Waals surface area contributed by atoms with Crippen molar-refractivity contribution in [2.75, 3.05) is 7.11 Å². The van der Waals surface area contributed by atoms with E-state index in [4.69, 9.17) is 33.7 Å². The molecule has 0 fully saturated rings. The van der Waals surface area contributed by atoms with Crippen molar-refractivity contribution in [3.63, 3.8) is 0 Å². The minimum Gasteiger partial charge on any atom is -0.481 e. The van der Waals surface area contributed by atoms with Gasteiger partial charge in [0, 0.05) is 17.8 Å². The summed E-state index contributed by atoms with van der Waals surface area (Å²) in [7, 11) is 1.57. The Hall–Kier alpha value is -1.29. The topological polar surface area (TPSA) is 48.1 Å². The van der Waals surface area contributed by atoms with Gasteiger partial charge in [-0.1, -0.05) is 41.4 Å². The van der Waals surface area contributed by atoms with Crippen molar-refractivity contribution in [1.82, 2.24) is 4.98 Å². The Morgan fingerprint density at radius 1 is 1.26 bits per heavy atom. The first-order chi connectivity index (χ1) is 9.13. The number of rotatable bonds is 4. The van der Waals surface area contributed by atoms with Gasteiger partial charge in [-0.3, -0.25) is 0 Å². The molecule has 0 saturated carbocycles. The average Bonchev–Trinajstić information content (AvgIpc) is 2.43. The minimum absolute atomic E-state index is 0.250. The zero-order valence-corrected chi connectivity index (χ0v) is 11.9. The van der Waals surface area contributed by atoms with E-state index in [1.165, 1.54) is 0 Å². The molecule has 2 rings (SSSR count). The molecule has 1 aromatic heterocycles. The molecule has 1 atom stereocenters. The van der Waals surface area contributed by atoms with Crippen LogP contribution in [0.5, 0.6) is 5.88 Å². The van der Waals surface area contributed by atoms with Crippen molar-refractivity contribution in [3.05, 3.63) is 57.7 Å². The summed E-state index contributed by atoms with van der Waals surface area (Å²) >= 11 is 12.2. The van der Waals surface area contributed by atoms with Crippen LogP contribution >= 0.6 is 23.2 Å². The highest BCUT2D eigenvalue weighted by Gasteiger charge is 2.15. The quantitative estimate of drug-likeness (QED) is 0.937. The van der Waals surface area contributed by atoms with Gasteiger partial charge in [0.2, 0.25) is 5.88 Å². The van der Waals surface area contributed by atoms with Gasteiger partial charge in [0.1, 0.15) is 0 Å². The largest absolute Gasteiger partial charge is 0.481 e. The van der Waals surface area contributed by atoms with Gasteiger partial charge in [0.15, 0.2) is 0 Å². The number of aromatic nitrogens is 1. The van der Waals surface area contributed by atoms with Crippen molar-refractivity contribution in [2.45, 2.75) is 12.5 Å². The zero-order valence-electron chi connectivity index (χ0n) is 10.4. The summed E-state index contributed by atoms with van der Waals surface area (Å²) in [5.41, 5.74) is 7.96. The summed E-state index contributed by atoms with van der Waals surface area (Å²) in [5.74, 6) is 0.535. The van der Waals surface area contributed by atoms with E-state index < -0.39 is 0 Å². The van der Waals surface area contributed by atoms with E-state index in [2.05, 4.69) is 4.98 Å². The number of hydrogen-bond acceptors (Lipinski definition) is 3. The Balaban J connectivity index is 2.26. The van der Waals surface area contributed by atoms with Gasteiger partial charge < -0.3 is 10.5 Å². The van der Waals surface area contributed by atoms with Gasteiger partial charge >= 0.3 is 0 Å². The monoisotopic (exact) mass is 296 g/mol. The minimum atomic E-state index is -0.250. The standard InChI is InChI=1S/C14H14Cl2N2O/c1-19-14-10(5-3-7-18-14)12(17)8-9-4-2-6-11(15)13(9)16/h2-7,12H,8,17H2,1H3. The third-order valence-corrected chi connectivity index (χ3v) is 3.72. The number of pyridine rings is 1. The molecule has 1 aromatic carbocycles. The van der Waals surface area contributed by atoms with Crippen molar-refractivity contribution < 1.29 is 4.74 Å². The number of hydrogen-bond donors (Lipinski definition) is 1. The fourth-order valence-electron chi connectivity index (χ4n) is 1.91. The molecule has 0 bridgehead atoms. The van der Waals surface area contributed by atoms with Crippen LogP contribution < -0.4 is 10.5 Å². The average molecular weight is 297 g/mol. The van der Waals surface area contributed by atoms with Gasteiger partial charge in [-0.15, -0.1) is 0 Å². The summed E-state index contributed by atoms with van der Waals surface area (Å²) in [6, 6.07) is 9.00. The maximum absolute atomic E-state index is 6.20. The molecule has 19 heavy (non-hydrogen) atoms. The van der Waals surface area contributed by atoms with E-state index in [0.29, 0.717) is 22.3 Å². The molecule has 0 aliphatic rings. The molecule has 0 amide bonds. The maximum Gasteiger partial charge on any atom is 0.217 e. The number of ether oxygens (including phenoxy) is 1. The molecule has 2 aromatic rings. The second-order valence-electron chi connectivity index (χ2n) is 4.13. The lowest BCUT2D eigenvalue weighted by Crippen LogP contribution is -2.15. The number of methoxy groups -OCH3 is 1. The van der Waals surface area contributed by atoms with Crippen LogP contribution in [0.4, 0.5) is 0 Å². The van der Waals surface area contributed by atoms with E-state index in [-0.39, 0.29) is 6.04 Å². The van der Waals surface area contributed by atoms with Gasteiger partial charge in [-0.25, -0.2) is 4.98 Å². The molecule has 3 nitrogen and oxygen atoms in total. The van der Waals surface area contributed by atoms with Crippen LogP contribution in [-0.2, 0) is 6.42 Å². The van der Waals surface area contributed by atoms with Crippen LogP contribution in [0.15, 0.2) is 36.5 Å². The predicted octanol–water partition coefficient (Wildman–Crippen LogP) is 3.64. The molecule has 0 saturated heterocycles. The van der Waals surface area contributed by atoms with Crippen molar-refractivity contribution in [1.29, 1.82) is 0 Å². The normalized spacial score (nSPS) is 12.2. The van der Waals surface area contributed by atoms with Crippen LogP contribution in [-0.4, -0.2) is 12.1 Å². The fourth-order valence-corrected chi connectivity index (χ4v) is 2.31. The summed E-state index contributed by atoms with van der Waals surface area (Å²) in [6.07, 6.45) is 2.24. The number of nitrogens with zero attached hydrogens (tertiary/aromatic N) is 1. The summed E-state index contributed by atoms with van der Waals surface area (Å²) in [4.78, 5) is 4.14. The van der Waals surface area contributed by atoms with E-state index in [1.807, 2.05) is 24.3 Å². The van der Waals surface area contributed by atoms with Gasteiger partial charge in [0.05, 0.1) is 17.2 Å². The molecule has 0 spiro atoms. The van der Waals surface area contributed by atoms with Gasteiger partial charge in [0.25, 0.3) is 0 Å². The first-order valence-electron chi connectivity index (χ1n) is 5.81.